The maximum atomic E-state index is 12.7. The maximum absolute atomic E-state index is 12.7. The van der Waals surface area contributed by atoms with Crippen LogP contribution in [0.25, 0.3) is 0 Å². The topological polar surface area (TPSA) is 92.6 Å². The van der Waals surface area contributed by atoms with Gasteiger partial charge in [0.15, 0.2) is 5.69 Å². The summed E-state index contributed by atoms with van der Waals surface area (Å²) in [5.74, 6) is -1.46. The number of carboxylic acids is 1. The molecule has 3 rings (SSSR count). The van der Waals surface area contributed by atoms with Crippen molar-refractivity contribution < 1.29 is 19.4 Å². The van der Waals surface area contributed by atoms with E-state index < -0.39 is 5.97 Å². The van der Waals surface area contributed by atoms with Crippen molar-refractivity contribution in [2.75, 3.05) is 13.2 Å². The molecule has 1 saturated heterocycles. The van der Waals surface area contributed by atoms with E-state index in [0.717, 1.165) is 11.8 Å². The smallest absolute Gasteiger partial charge is 0.356 e. The van der Waals surface area contributed by atoms with Crippen LogP contribution in [0.3, 0.4) is 0 Å². The van der Waals surface area contributed by atoms with Crippen LogP contribution in [0.5, 0.6) is 0 Å². The highest BCUT2D eigenvalue weighted by Gasteiger charge is 2.31. The lowest BCUT2D eigenvalue weighted by molar-refractivity contribution is -0.0488. The van der Waals surface area contributed by atoms with E-state index in [4.69, 9.17) is 9.84 Å². The number of carbonyl (C=O) groups excluding carboxylic acids is 1. The number of morpholine rings is 1. The molecule has 24 heavy (non-hydrogen) atoms. The van der Waals surface area contributed by atoms with Gasteiger partial charge in [0.2, 0.25) is 0 Å². The molecule has 2 heterocycles. The summed E-state index contributed by atoms with van der Waals surface area (Å²) in [6.07, 6.45) is 2.10. The Balaban J connectivity index is 1.78. The van der Waals surface area contributed by atoms with E-state index in [1.807, 2.05) is 37.3 Å². The predicted octanol–water partition coefficient (Wildman–Crippen LogP) is 1.78. The van der Waals surface area contributed by atoms with E-state index in [1.54, 1.807) is 4.90 Å². The highest BCUT2D eigenvalue weighted by molar-refractivity contribution is 5.93. The number of benzene rings is 1. The second kappa shape index (κ2) is 6.76. The summed E-state index contributed by atoms with van der Waals surface area (Å²) in [5, 5.41) is 8.85. The van der Waals surface area contributed by atoms with E-state index in [0.29, 0.717) is 13.2 Å². The second-order valence-corrected chi connectivity index (χ2v) is 5.63. The fraction of sp³-hybridized carbons (Fsp3) is 0.294. The number of nitrogens with zero attached hydrogens (tertiary/aromatic N) is 3. The van der Waals surface area contributed by atoms with E-state index in [9.17, 15) is 9.59 Å². The van der Waals surface area contributed by atoms with E-state index in [1.165, 1.54) is 6.20 Å². The number of ether oxygens (including phenoxy) is 1. The van der Waals surface area contributed by atoms with Crippen molar-refractivity contribution in [3.05, 3.63) is 59.7 Å². The summed E-state index contributed by atoms with van der Waals surface area (Å²) in [6.45, 7) is 2.73. The minimum atomic E-state index is -1.18. The minimum Gasteiger partial charge on any atom is -0.476 e. The van der Waals surface area contributed by atoms with Gasteiger partial charge in [-0.1, -0.05) is 30.3 Å². The number of aromatic carboxylic acids is 1. The van der Waals surface area contributed by atoms with Crippen molar-refractivity contribution in [3.8, 4) is 0 Å². The van der Waals surface area contributed by atoms with Gasteiger partial charge in [0.05, 0.1) is 31.6 Å². The van der Waals surface area contributed by atoms with Gasteiger partial charge in [-0.3, -0.25) is 4.79 Å². The van der Waals surface area contributed by atoms with E-state index >= 15 is 0 Å². The summed E-state index contributed by atoms with van der Waals surface area (Å²) in [4.78, 5) is 32.9. The highest BCUT2D eigenvalue weighted by Crippen LogP contribution is 2.25. The third-order valence-corrected chi connectivity index (χ3v) is 3.96. The van der Waals surface area contributed by atoms with Gasteiger partial charge in [-0.25, -0.2) is 14.8 Å². The molecule has 0 spiro atoms. The Bertz CT molecular complexity index is 733. The first-order valence-electron chi connectivity index (χ1n) is 7.59. The van der Waals surface area contributed by atoms with Crippen LogP contribution in [-0.2, 0) is 4.74 Å². The van der Waals surface area contributed by atoms with Gasteiger partial charge >= 0.3 is 5.97 Å². The molecule has 1 aliphatic rings. The average molecular weight is 327 g/mol. The van der Waals surface area contributed by atoms with Gasteiger partial charge < -0.3 is 14.7 Å². The number of hydrogen-bond acceptors (Lipinski definition) is 5. The molecule has 1 amide bonds. The molecule has 1 fully saturated rings. The summed E-state index contributed by atoms with van der Waals surface area (Å²) in [7, 11) is 0. The monoisotopic (exact) mass is 327 g/mol. The minimum absolute atomic E-state index is 0.0987. The summed E-state index contributed by atoms with van der Waals surface area (Å²) >= 11 is 0. The second-order valence-electron chi connectivity index (χ2n) is 5.63. The Kier molecular flexibility index (Phi) is 4.52. The number of carboxylic acid groups (broad SMARTS) is 1. The molecule has 1 aromatic carbocycles. The number of carbonyl (C=O) groups is 2. The molecule has 124 valence electrons. The number of hydrogen-bond donors (Lipinski definition) is 1. The molecule has 0 saturated carbocycles. The lowest BCUT2D eigenvalue weighted by Crippen LogP contribution is -2.48. The zero-order valence-corrected chi connectivity index (χ0v) is 13.1. The molecule has 7 nitrogen and oxygen atoms in total. The normalized spacial score (nSPS) is 20.6. The Morgan fingerprint density at radius 3 is 2.46 bits per heavy atom. The van der Waals surface area contributed by atoms with Gasteiger partial charge in [0, 0.05) is 0 Å². The molecular weight excluding hydrogens is 310 g/mol. The van der Waals surface area contributed by atoms with Gasteiger partial charge in [0.25, 0.3) is 5.91 Å². The van der Waals surface area contributed by atoms with Crippen molar-refractivity contribution in [2.24, 2.45) is 0 Å². The van der Waals surface area contributed by atoms with Gasteiger partial charge in [-0.15, -0.1) is 0 Å². The zero-order valence-electron chi connectivity index (χ0n) is 13.1. The molecule has 2 aromatic rings. The van der Waals surface area contributed by atoms with Crippen LogP contribution >= 0.6 is 0 Å². The lowest BCUT2D eigenvalue weighted by atomic mass is 10.1. The first kappa shape index (κ1) is 16.1. The Labute approximate surface area is 138 Å². The quantitative estimate of drug-likeness (QED) is 0.924. The standard InChI is InChI=1S/C17H17N3O4/c1-11-10-24-15(12-5-3-2-4-6-12)9-20(11)16(21)13-7-19-14(8-18-13)17(22)23/h2-8,11,15H,9-10H2,1H3,(H,22,23). The molecule has 0 aliphatic carbocycles. The van der Waals surface area contributed by atoms with Crippen molar-refractivity contribution in [2.45, 2.75) is 19.1 Å². The molecule has 0 bridgehead atoms. The molecule has 1 N–H and O–H groups in total. The van der Waals surface area contributed by atoms with Crippen molar-refractivity contribution in [1.82, 2.24) is 14.9 Å². The third kappa shape index (κ3) is 3.26. The first-order chi connectivity index (χ1) is 11.6. The van der Waals surface area contributed by atoms with Crippen LogP contribution < -0.4 is 0 Å². The average Bonchev–Trinajstić information content (AvgIpc) is 2.62. The first-order valence-corrected chi connectivity index (χ1v) is 7.59. The summed E-state index contributed by atoms with van der Waals surface area (Å²) in [6, 6.07) is 9.61. The Morgan fingerprint density at radius 2 is 1.83 bits per heavy atom. The Hall–Kier alpha value is -2.80. The molecule has 7 heteroatoms. The zero-order chi connectivity index (χ0) is 17.1. The molecule has 0 radical (unpaired) electrons. The van der Waals surface area contributed by atoms with Gasteiger partial charge in [-0.2, -0.15) is 0 Å². The van der Waals surface area contributed by atoms with Crippen molar-refractivity contribution >= 4 is 11.9 Å². The van der Waals surface area contributed by atoms with Crippen LogP contribution in [0.15, 0.2) is 42.7 Å². The third-order valence-electron chi connectivity index (χ3n) is 3.96. The maximum Gasteiger partial charge on any atom is 0.356 e. The number of rotatable bonds is 3. The van der Waals surface area contributed by atoms with Crippen LogP contribution in [0, 0.1) is 0 Å². The molecule has 1 aromatic heterocycles. The summed E-state index contributed by atoms with van der Waals surface area (Å²) < 4.78 is 5.84. The number of aromatic nitrogens is 2. The van der Waals surface area contributed by atoms with Gasteiger partial charge in [0.1, 0.15) is 11.8 Å². The van der Waals surface area contributed by atoms with Crippen molar-refractivity contribution in [1.29, 1.82) is 0 Å². The highest BCUT2D eigenvalue weighted by atomic mass is 16.5. The Morgan fingerprint density at radius 1 is 1.17 bits per heavy atom. The molecular formula is C17H17N3O4. The fourth-order valence-corrected chi connectivity index (χ4v) is 2.61. The fourth-order valence-electron chi connectivity index (χ4n) is 2.61. The van der Waals surface area contributed by atoms with Crippen LogP contribution in [0.2, 0.25) is 0 Å². The predicted molar refractivity (Wildman–Crippen MR) is 84.6 cm³/mol. The SMILES string of the molecule is CC1COC(c2ccccc2)CN1C(=O)c1cnc(C(=O)O)cn1. The van der Waals surface area contributed by atoms with E-state index in [2.05, 4.69) is 9.97 Å². The van der Waals surface area contributed by atoms with Crippen LogP contribution in [-0.4, -0.2) is 51.0 Å². The molecule has 2 unspecified atom stereocenters. The number of amides is 1. The largest absolute Gasteiger partial charge is 0.476 e. The summed E-state index contributed by atoms with van der Waals surface area (Å²) in [5.41, 5.74) is 0.943. The molecule has 2 atom stereocenters. The van der Waals surface area contributed by atoms with E-state index in [-0.39, 0.29) is 29.4 Å². The molecule has 1 aliphatic heterocycles. The van der Waals surface area contributed by atoms with Crippen LogP contribution in [0.1, 0.15) is 39.6 Å². The van der Waals surface area contributed by atoms with Crippen LogP contribution in [0.4, 0.5) is 0 Å². The van der Waals surface area contributed by atoms with Gasteiger partial charge in [-0.05, 0) is 12.5 Å². The lowest BCUT2D eigenvalue weighted by Gasteiger charge is -2.38. The van der Waals surface area contributed by atoms with Crippen molar-refractivity contribution in [3.63, 3.8) is 0 Å².